The van der Waals surface area contributed by atoms with Gasteiger partial charge in [-0.3, -0.25) is 9.59 Å². The van der Waals surface area contributed by atoms with Crippen molar-refractivity contribution >= 4 is 11.9 Å². The number of hydrogen-bond acceptors (Lipinski definition) is 4. The van der Waals surface area contributed by atoms with E-state index >= 15 is 0 Å². The lowest BCUT2D eigenvalue weighted by atomic mass is 9.45. The van der Waals surface area contributed by atoms with Crippen molar-refractivity contribution in [3.63, 3.8) is 0 Å². The van der Waals surface area contributed by atoms with Gasteiger partial charge >= 0.3 is 11.9 Å². The standard InChI is InChI=1S/C25H36O4/c1-6-17-7-8-20-19-14-23(29-16(3)27)22-13-18(28-15(2)26)9-11-25(22,5)21(19)10-12-24(17,20)4/h6,9,11,17-23H,1,7-8,10,12-14H2,2-5H3/t17-,18-,19-,20-,21-,22?,23-,24+,25+/m0/s1. The molecule has 1 unspecified atom stereocenters. The van der Waals surface area contributed by atoms with Gasteiger partial charge in [0, 0.05) is 19.8 Å². The molecule has 0 N–H and O–H groups in total. The molecule has 0 saturated heterocycles. The summed E-state index contributed by atoms with van der Waals surface area (Å²) in [6.45, 7) is 11.9. The van der Waals surface area contributed by atoms with E-state index < -0.39 is 0 Å². The summed E-state index contributed by atoms with van der Waals surface area (Å²) in [5, 5.41) is 0. The smallest absolute Gasteiger partial charge is 0.303 e. The van der Waals surface area contributed by atoms with E-state index in [4.69, 9.17) is 9.47 Å². The van der Waals surface area contributed by atoms with Gasteiger partial charge in [0.1, 0.15) is 12.2 Å². The molecular weight excluding hydrogens is 364 g/mol. The molecule has 4 nitrogen and oxygen atoms in total. The monoisotopic (exact) mass is 400 g/mol. The van der Waals surface area contributed by atoms with Crippen LogP contribution in [-0.2, 0) is 19.1 Å². The fourth-order valence-corrected chi connectivity index (χ4v) is 7.86. The number of allylic oxidation sites excluding steroid dienone is 2. The highest BCUT2D eigenvalue weighted by Gasteiger charge is 2.61. The Morgan fingerprint density at radius 1 is 1.00 bits per heavy atom. The van der Waals surface area contributed by atoms with Crippen molar-refractivity contribution in [2.75, 3.05) is 0 Å². The van der Waals surface area contributed by atoms with Crippen LogP contribution >= 0.6 is 0 Å². The van der Waals surface area contributed by atoms with Crippen LogP contribution in [0.15, 0.2) is 24.8 Å². The molecule has 0 aromatic heterocycles. The van der Waals surface area contributed by atoms with Gasteiger partial charge in [0.2, 0.25) is 0 Å². The second kappa shape index (κ2) is 7.28. The summed E-state index contributed by atoms with van der Waals surface area (Å²) in [4.78, 5) is 23.5. The van der Waals surface area contributed by atoms with E-state index in [2.05, 4.69) is 38.7 Å². The topological polar surface area (TPSA) is 52.6 Å². The van der Waals surface area contributed by atoms with Crippen LogP contribution in [0.4, 0.5) is 0 Å². The van der Waals surface area contributed by atoms with Gasteiger partial charge in [-0.1, -0.05) is 26.0 Å². The highest BCUT2D eigenvalue weighted by Crippen LogP contribution is 2.67. The molecule has 0 aliphatic heterocycles. The fraction of sp³-hybridized carbons (Fsp3) is 0.760. The maximum Gasteiger partial charge on any atom is 0.303 e. The van der Waals surface area contributed by atoms with E-state index in [0.29, 0.717) is 29.1 Å². The second-order valence-corrected chi connectivity index (χ2v) is 10.4. The average molecular weight is 401 g/mol. The lowest BCUT2D eigenvalue weighted by Crippen LogP contribution is -2.57. The zero-order chi connectivity index (χ0) is 21.0. The Balaban J connectivity index is 1.68. The summed E-state index contributed by atoms with van der Waals surface area (Å²) in [5.74, 6) is 2.16. The molecule has 160 valence electrons. The summed E-state index contributed by atoms with van der Waals surface area (Å²) >= 11 is 0. The fourth-order valence-electron chi connectivity index (χ4n) is 7.86. The van der Waals surface area contributed by atoms with E-state index in [1.54, 1.807) is 0 Å². The van der Waals surface area contributed by atoms with Gasteiger partial charge in [0.25, 0.3) is 0 Å². The Morgan fingerprint density at radius 3 is 2.38 bits per heavy atom. The number of fused-ring (bicyclic) bond motifs is 5. The minimum atomic E-state index is -0.254. The largest absolute Gasteiger partial charge is 0.462 e. The number of ether oxygens (including phenoxy) is 2. The third-order valence-corrected chi connectivity index (χ3v) is 9.14. The lowest BCUT2D eigenvalue weighted by molar-refractivity contribution is -0.176. The van der Waals surface area contributed by atoms with Crippen LogP contribution in [0, 0.1) is 40.4 Å². The molecule has 0 aromatic rings. The van der Waals surface area contributed by atoms with Gasteiger partial charge < -0.3 is 9.47 Å². The molecule has 3 saturated carbocycles. The first kappa shape index (κ1) is 20.7. The summed E-state index contributed by atoms with van der Waals surface area (Å²) in [6, 6.07) is 0. The van der Waals surface area contributed by atoms with Crippen molar-refractivity contribution in [2.24, 2.45) is 40.4 Å². The molecule has 4 heteroatoms. The molecule has 4 aliphatic carbocycles. The van der Waals surface area contributed by atoms with E-state index in [0.717, 1.165) is 12.8 Å². The van der Waals surface area contributed by atoms with E-state index in [1.165, 1.54) is 39.5 Å². The highest BCUT2D eigenvalue weighted by atomic mass is 16.5. The van der Waals surface area contributed by atoms with Crippen molar-refractivity contribution in [1.82, 2.24) is 0 Å². The first-order valence-corrected chi connectivity index (χ1v) is 11.4. The van der Waals surface area contributed by atoms with Crippen molar-refractivity contribution in [2.45, 2.75) is 78.4 Å². The Labute approximate surface area is 175 Å². The molecule has 29 heavy (non-hydrogen) atoms. The number of esters is 2. The molecule has 0 amide bonds. The molecule has 0 radical (unpaired) electrons. The molecule has 9 atom stereocenters. The summed E-state index contributed by atoms with van der Waals surface area (Å²) in [5.41, 5.74) is 0.304. The molecule has 0 aromatic carbocycles. The van der Waals surface area contributed by atoms with Crippen molar-refractivity contribution in [1.29, 1.82) is 0 Å². The van der Waals surface area contributed by atoms with Crippen LogP contribution in [0.25, 0.3) is 0 Å². The zero-order valence-corrected chi connectivity index (χ0v) is 18.4. The van der Waals surface area contributed by atoms with Gasteiger partial charge in [0.15, 0.2) is 0 Å². The quantitative estimate of drug-likeness (QED) is 0.490. The lowest BCUT2D eigenvalue weighted by Gasteiger charge is -2.61. The van der Waals surface area contributed by atoms with Gasteiger partial charge in [-0.05, 0) is 79.1 Å². The van der Waals surface area contributed by atoms with Crippen LogP contribution in [0.5, 0.6) is 0 Å². The minimum absolute atomic E-state index is 0.0206. The van der Waals surface area contributed by atoms with Crippen LogP contribution in [-0.4, -0.2) is 24.1 Å². The van der Waals surface area contributed by atoms with Gasteiger partial charge in [-0.2, -0.15) is 0 Å². The minimum Gasteiger partial charge on any atom is -0.462 e. The Kier molecular flexibility index (Phi) is 5.19. The Hall–Kier alpha value is -1.58. The third-order valence-electron chi connectivity index (χ3n) is 9.14. The van der Waals surface area contributed by atoms with Crippen LogP contribution in [0.3, 0.4) is 0 Å². The van der Waals surface area contributed by atoms with E-state index in [1.807, 2.05) is 0 Å². The van der Waals surface area contributed by atoms with E-state index in [-0.39, 0.29) is 35.5 Å². The summed E-state index contributed by atoms with van der Waals surface area (Å²) in [7, 11) is 0. The molecule has 0 bridgehead atoms. The number of carbonyl (C=O) groups is 2. The molecular formula is C25H36O4. The van der Waals surface area contributed by atoms with Crippen molar-refractivity contribution in [3.05, 3.63) is 24.8 Å². The van der Waals surface area contributed by atoms with Gasteiger partial charge in [-0.15, -0.1) is 6.58 Å². The first-order valence-electron chi connectivity index (χ1n) is 11.4. The number of hydrogen-bond donors (Lipinski definition) is 0. The number of carbonyl (C=O) groups excluding carboxylic acids is 2. The van der Waals surface area contributed by atoms with Crippen LogP contribution in [0.2, 0.25) is 0 Å². The Bertz CT molecular complexity index is 726. The highest BCUT2D eigenvalue weighted by molar-refractivity contribution is 5.66. The van der Waals surface area contributed by atoms with Crippen molar-refractivity contribution in [3.8, 4) is 0 Å². The summed E-state index contributed by atoms with van der Waals surface area (Å²) in [6.07, 6.45) is 12.9. The first-order chi connectivity index (χ1) is 13.7. The van der Waals surface area contributed by atoms with Gasteiger partial charge in [0.05, 0.1) is 0 Å². The molecule has 4 rings (SSSR count). The predicted octanol–water partition coefficient (Wildman–Crippen LogP) is 5.08. The summed E-state index contributed by atoms with van der Waals surface area (Å²) < 4.78 is 11.4. The molecule has 0 heterocycles. The number of rotatable bonds is 3. The van der Waals surface area contributed by atoms with Crippen molar-refractivity contribution < 1.29 is 19.1 Å². The molecule has 3 fully saturated rings. The van der Waals surface area contributed by atoms with E-state index in [9.17, 15) is 9.59 Å². The molecule has 4 aliphatic rings. The average Bonchev–Trinajstić information content (AvgIpc) is 2.98. The third kappa shape index (κ3) is 3.27. The SMILES string of the molecule is C=C[C@H]1CC[C@H]2[C@@H]3C[C@H](OC(C)=O)C4C[C@@H](OC(C)=O)C=C[C@]4(C)[C@H]3CC[C@]12C. The normalized spacial score (nSPS) is 48.1. The Morgan fingerprint density at radius 2 is 1.72 bits per heavy atom. The van der Waals surface area contributed by atoms with Gasteiger partial charge in [-0.25, -0.2) is 0 Å². The second-order valence-electron chi connectivity index (χ2n) is 10.4. The van der Waals surface area contributed by atoms with Crippen LogP contribution < -0.4 is 0 Å². The maximum absolute atomic E-state index is 12.0. The molecule has 0 spiro atoms. The maximum atomic E-state index is 12.0. The zero-order valence-electron chi connectivity index (χ0n) is 18.4. The van der Waals surface area contributed by atoms with Crippen LogP contribution in [0.1, 0.15) is 66.2 Å². The predicted molar refractivity (Wildman–Crippen MR) is 112 cm³/mol.